The van der Waals surface area contributed by atoms with Crippen LogP contribution in [0.4, 0.5) is 5.95 Å². The Labute approximate surface area is 182 Å². The van der Waals surface area contributed by atoms with Crippen molar-refractivity contribution in [1.82, 2.24) is 24.9 Å². The van der Waals surface area contributed by atoms with Crippen LogP contribution in [-0.4, -0.2) is 48.6 Å². The lowest BCUT2D eigenvalue weighted by Gasteiger charge is -2.43. The number of rotatable bonds is 3. The van der Waals surface area contributed by atoms with Crippen LogP contribution in [0.25, 0.3) is 11.0 Å². The third-order valence-electron chi connectivity index (χ3n) is 6.22. The van der Waals surface area contributed by atoms with E-state index in [1.807, 2.05) is 20.8 Å². The van der Waals surface area contributed by atoms with Gasteiger partial charge >= 0.3 is 0 Å². The van der Waals surface area contributed by atoms with Crippen molar-refractivity contribution in [3.8, 4) is 6.07 Å². The highest BCUT2D eigenvalue weighted by molar-refractivity contribution is 9.10. The normalized spacial score (nSPS) is 22.9. The average molecular weight is 480 g/mol. The fraction of sp³-hybridized carbons (Fsp3) is 0.684. The van der Waals surface area contributed by atoms with Crippen LogP contribution in [0.5, 0.6) is 0 Å². The highest BCUT2D eigenvalue weighted by atomic mass is 79.9. The molecule has 1 aliphatic heterocycles. The molecule has 2 aliphatic rings. The van der Waals surface area contributed by atoms with E-state index in [0.29, 0.717) is 27.3 Å². The van der Waals surface area contributed by atoms with E-state index < -0.39 is 11.4 Å². The summed E-state index contributed by atoms with van der Waals surface area (Å²) in [7, 11) is 0. The Morgan fingerprint density at radius 1 is 1.31 bits per heavy atom. The number of hydrogen-bond acceptors (Lipinski definition) is 7. The van der Waals surface area contributed by atoms with Crippen molar-refractivity contribution in [3.05, 3.63) is 10.3 Å². The molecule has 0 aromatic carbocycles. The van der Waals surface area contributed by atoms with E-state index in [-0.39, 0.29) is 16.2 Å². The molecule has 2 atom stereocenters. The largest absolute Gasteiger partial charge is 0.598 e. The lowest BCUT2D eigenvalue weighted by molar-refractivity contribution is 0.186. The van der Waals surface area contributed by atoms with E-state index in [4.69, 9.17) is 0 Å². The van der Waals surface area contributed by atoms with Crippen molar-refractivity contribution in [3.63, 3.8) is 0 Å². The number of halogens is 1. The maximum atomic E-state index is 12.7. The number of aromatic amines is 1. The molecule has 0 amide bonds. The molecule has 2 fully saturated rings. The molecule has 1 aliphatic carbocycles. The van der Waals surface area contributed by atoms with E-state index >= 15 is 0 Å². The van der Waals surface area contributed by atoms with E-state index in [1.165, 1.54) is 6.42 Å². The fourth-order valence-corrected chi connectivity index (χ4v) is 5.91. The van der Waals surface area contributed by atoms with Crippen molar-refractivity contribution in [2.24, 2.45) is 5.41 Å². The minimum atomic E-state index is -1.06. The van der Waals surface area contributed by atoms with Crippen molar-refractivity contribution in [1.29, 1.82) is 5.26 Å². The van der Waals surface area contributed by atoms with Crippen molar-refractivity contribution in [2.45, 2.75) is 63.7 Å². The Morgan fingerprint density at radius 3 is 2.69 bits per heavy atom. The van der Waals surface area contributed by atoms with Crippen molar-refractivity contribution >= 4 is 44.3 Å². The molecule has 1 spiro atoms. The zero-order chi connectivity index (χ0) is 20.8. The molecule has 2 aromatic rings. The fourth-order valence-electron chi connectivity index (χ4n) is 4.48. The summed E-state index contributed by atoms with van der Waals surface area (Å²) in [5, 5.41) is 17.1. The maximum absolute atomic E-state index is 12.7. The first-order valence-corrected chi connectivity index (χ1v) is 11.9. The second-order valence-electron chi connectivity index (χ2n) is 9.01. The summed E-state index contributed by atoms with van der Waals surface area (Å²) in [4.78, 5) is 11.2. The highest BCUT2D eigenvalue weighted by Crippen LogP contribution is 2.47. The van der Waals surface area contributed by atoms with Gasteiger partial charge in [-0.2, -0.15) is 15.3 Å². The number of H-pyrrole nitrogens is 1. The van der Waals surface area contributed by atoms with Crippen LogP contribution in [0.15, 0.2) is 4.60 Å². The quantitative estimate of drug-likeness (QED) is 0.648. The summed E-state index contributed by atoms with van der Waals surface area (Å²) in [5.74, 6) is 0.559. The predicted octanol–water partition coefficient (Wildman–Crippen LogP) is 3.18. The molecular weight excluding hydrogens is 454 g/mol. The summed E-state index contributed by atoms with van der Waals surface area (Å²) in [5.41, 5.74) is 1.00. The van der Waals surface area contributed by atoms with Gasteiger partial charge in [-0.25, -0.2) is 4.98 Å². The van der Waals surface area contributed by atoms with Gasteiger partial charge in [-0.15, -0.1) is 4.72 Å². The molecule has 156 valence electrons. The van der Waals surface area contributed by atoms with E-state index in [2.05, 4.69) is 51.8 Å². The summed E-state index contributed by atoms with van der Waals surface area (Å²) < 4.78 is 16.5. The van der Waals surface area contributed by atoms with Gasteiger partial charge < -0.3 is 9.45 Å². The average Bonchev–Trinajstić information content (AvgIpc) is 3.25. The molecular formula is C19H26BrN7OS. The SMILES string of the molecule is CC(C)(C)[S+]([O-])N[C@@H]1CCCC12CCN(c1nc(C#N)c3c(Br)[nH]nc3n1)CC2. The number of aromatic nitrogens is 4. The number of hydrogen-bond donors (Lipinski definition) is 2. The minimum Gasteiger partial charge on any atom is -0.598 e. The molecule has 1 saturated heterocycles. The van der Waals surface area contributed by atoms with Crippen LogP contribution in [0.1, 0.15) is 58.6 Å². The van der Waals surface area contributed by atoms with Gasteiger partial charge in [0.25, 0.3) is 0 Å². The van der Waals surface area contributed by atoms with Crippen LogP contribution >= 0.6 is 15.9 Å². The summed E-state index contributed by atoms with van der Waals surface area (Å²) in [6.45, 7) is 7.67. The minimum absolute atomic E-state index is 0.176. The lowest BCUT2D eigenvalue weighted by atomic mass is 9.74. The predicted molar refractivity (Wildman–Crippen MR) is 117 cm³/mol. The lowest BCUT2D eigenvalue weighted by Crippen LogP contribution is -2.53. The van der Waals surface area contributed by atoms with Gasteiger partial charge in [-0.05, 0) is 67.8 Å². The van der Waals surface area contributed by atoms with Gasteiger partial charge in [0.2, 0.25) is 5.95 Å². The first-order chi connectivity index (χ1) is 13.7. The molecule has 0 radical (unpaired) electrons. The second-order valence-corrected chi connectivity index (χ2v) is 11.8. The third kappa shape index (κ3) is 3.85. The summed E-state index contributed by atoms with van der Waals surface area (Å²) in [6, 6.07) is 2.44. The highest BCUT2D eigenvalue weighted by Gasteiger charge is 2.48. The topological polar surface area (TPSA) is 117 Å². The van der Waals surface area contributed by atoms with Gasteiger partial charge in [0, 0.05) is 24.5 Å². The molecule has 1 unspecified atom stereocenters. The van der Waals surface area contributed by atoms with Gasteiger partial charge in [0.1, 0.15) is 15.4 Å². The van der Waals surface area contributed by atoms with Crippen LogP contribution in [-0.2, 0) is 11.4 Å². The second kappa shape index (κ2) is 7.69. The number of nitrogens with zero attached hydrogens (tertiary/aromatic N) is 5. The Bertz CT molecular complexity index is 942. The monoisotopic (exact) mass is 479 g/mol. The first kappa shape index (κ1) is 20.8. The molecule has 3 heterocycles. The first-order valence-electron chi connectivity index (χ1n) is 9.98. The molecule has 29 heavy (non-hydrogen) atoms. The van der Waals surface area contributed by atoms with Crippen molar-refractivity contribution < 1.29 is 4.55 Å². The van der Waals surface area contributed by atoms with Gasteiger partial charge in [-0.1, -0.05) is 6.42 Å². The molecule has 8 nitrogen and oxygen atoms in total. The van der Waals surface area contributed by atoms with Gasteiger partial charge in [0.05, 0.1) is 11.4 Å². The standard InChI is InChI=1S/C19H26BrN7OS/c1-18(2,3)29(28)26-13-5-4-6-19(13)7-9-27(10-8-19)17-22-12(11-21)14-15(20)24-25-16(14)23-17/h13,26H,4-10H2,1-3H3,(H,22,23,24,25)/t13-,29?/m1/s1. The smallest absolute Gasteiger partial charge is 0.228 e. The molecule has 4 rings (SSSR count). The zero-order valence-electron chi connectivity index (χ0n) is 17.0. The number of nitrogens with one attached hydrogen (secondary N) is 2. The van der Waals surface area contributed by atoms with Crippen LogP contribution < -0.4 is 9.62 Å². The Hall–Kier alpha value is -1.41. The van der Waals surface area contributed by atoms with Crippen LogP contribution in [0.2, 0.25) is 0 Å². The Morgan fingerprint density at radius 2 is 2.03 bits per heavy atom. The molecule has 10 heteroatoms. The summed E-state index contributed by atoms with van der Waals surface area (Å²) in [6.07, 6.45) is 5.40. The maximum Gasteiger partial charge on any atom is 0.228 e. The Kier molecular flexibility index (Phi) is 5.53. The van der Waals surface area contributed by atoms with E-state index in [9.17, 15) is 9.81 Å². The number of fused-ring (bicyclic) bond motifs is 1. The van der Waals surface area contributed by atoms with Crippen molar-refractivity contribution in [2.75, 3.05) is 18.0 Å². The van der Waals surface area contributed by atoms with Gasteiger partial charge in [-0.3, -0.25) is 5.10 Å². The molecule has 2 N–H and O–H groups in total. The van der Waals surface area contributed by atoms with Crippen LogP contribution in [0.3, 0.4) is 0 Å². The number of piperidine rings is 1. The van der Waals surface area contributed by atoms with Crippen LogP contribution in [0, 0.1) is 16.7 Å². The molecule has 1 saturated carbocycles. The Balaban J connectivity index is 1.51. The molecule has 2 aromatic heterocycles. The summed E-state index contributed by atoms with van der Waals surface area (Å²) >= 11 is 2.31. The number of nitriles is 1. The van der Waals surface area contributed by atoms with E-state index in [1.54, 1.807) is 0 Å². The molecule has 0 bridgehead atoms. The number of anilines is 1. The zero-order valence-corrected chi connectivity index (χ0v) is 19.4. The third-order valence-corrected chi connectivity index (χ3v) is 8.40. The van der Waals surface area contributed by atoms with Gasteiger partial charge in [0.15, 0.2) is 11.3 Å². The van der Waals surface area contributed by atoms with E-state index in [0.717, 1.165) is 38.8 Å².